The lowest BCUT2D eigenvalue weighted by atomic mass is 9.95. The van der Waals surface area contributed by atoms with Crippen LogP contribution in [0.2, 0.25) is 0 Å². The Bertz CT molecular complexity index is 404. The van der Waals surface area contributed by atoms with Gasteiger partial charge in [0.25, 0.3) is 0 Å². The van der Waals surface area contributed by atoms with Gasteiger partial charge in [0.15, 0.2) is 5.78 Å². The van der Waals surface area contributed by atoms with Gasteiger partial charge in [0.2, 0.25) is 5.91 Å². The molecular weight excluding hydrogens is 230 g/mol. The molecule has 100 valence electrons. The van der Waals surface area contributed by atoms with Gasteiger partial charge in [-0.2, -0.15) is 0 Å². The standard InChI is InChI=1S/C13H21N3O2/c1-9(16-12(18)13(2,3)4)11(17)6-5-10-7-14-8-15-10/h7-9H,5-6H2,1-4H3,(H,14,15)(H,16,18)/t9-/m0/s1. The molecule has 0 bridgehead atoms. The van der Waals surface area contributed by atoms with E-state index in [1.165, 1.54) is 0 Å². The molecule has 0 aromatic carbocycles. The molecular formula is C13H21N3O2. The zero-order valence-corrected chi connectivity index (χ0v) is 11.4. The Labute approximate surface area is 107 Å². The number of Topliss-reactive ketones (excluding diaryl/α,β-unsaturated/α-hetero) is 1. The molecule has 5 heteroatoms. The van der Waals surface area contributed by atoms with Crippen LogP contribution in [0.25, 0.3) is 0 Å². The molecule has 0 spiro atoms. The summed E-state index contributed by atoms with van der Waals surface area (Å²) in [7, 11) is 0. The van der Waals surface area contributed by atoms with Crippen molar-refractivity contribution in [2.24, 2.45) is 5.41 Å². The molecule has 1 heterocycles. The first-order chi connectivity index (χ1) is 8.30. The Morgan fingerprint density at radius 3 is 2.61 bits per heavy atom. The molecule has 1 amide bonds. The number of rotatable bonds is 5. The van der Waals surface area contributed by atoms with Crippen molar-refractivity contribution >= 4 is 11.7 Å². The number of H-pyrrole nitrogens is 1. The number of amides is 1. The first-order valence-corrected chi connectivity index (χ1v) is 6.11. The van der Waals surface area contributed by atoms with Crippen molar-refractivity contribution in [3.63, 3.8) is 0 Å². The van der Waals surface area contributed by atoms with Crippen LogP contribution in [0.15, 0.2) is 12.5 Å². The number of hydrogen-bond donors (Lipinski definition) is 2. The molecule has 0 radical (unpaired) electrons. The zero-order chi connectivity index (χ0) is 13.8. The minimum Gasteiger partial charge on any atom is -0.348 e. The number of carbonyl (C=O) groups excluding carboxylic acids is 2. The van der Waals surface area contributed by atoms with E-state index in [4.69, 9.17) is 0 Å². The van der Waals surface area contributed by atoms with Crippen molar-refractivity contribution in [1.29, 1.82) is 0 Å². The molecule has 1 rings (SSSR count). The number of nitrogens with zero attached hydrogens (tertiary/aromatic N) is 1. The molecule has 5 nitrogen and oxygen atoms in total. The van der Waals surface area contributed by atoms with Crippen molar-refractivity contribution in [3.05, 3.63) is 18.2 Å². The van der Waals surface area contributed by atoms with Gasteiger partial charge < -0.3 is 10.3 Å². The Morgan fingerprint density at radius 2 is 2.11 bits per heavy atom. The summed E-state index contributed by atoms with van der Waals surface area (Å²) in [5.74, 6) is -0.0768. The number of aromatic nitrogens is 2. The van der Waals surface area contributed by atoms with E-state index in [2.05, 4.69) is 15.3 Å². The van der Waals surface area contributed by atoms with E-state index >= 15 is 0 Å². The Morgan fingerprint density at radius 1 is 1.44 bits per heavy atom. The summed E-state index contributed by atoms with van der Waals surface area (Å²) in [5, 5.41) is 2.74. The molecule has 0 aliphatic heterocycles. The highest BCUT2D eigenvalue weighted by molar-refractivity contribution is 5.90. The van der Waals surface area contributed by atoms with Gasteiger partial charge >= 0.3 is 0 Å². The minimum absolute atomic E-state index is 0.0298. The molecule has 2 N–H and O–H groups in total. The highest BCUT2D eigenvalue weighted by Crippen LogP contribution is 2.13. The van der Waals surface area contributed by atoms with Gasteiger partial charge in [-0.05, 0) is 13.3 Å². The fourth-order valence-corrected chi connectivity index (χ4v) is 1.39. The van der Waals surface area contributed by atoms with Crippen molar-refractivity contribution in [1.82, 2.24) is 15.3 Å². The summed E-state index contributed by atoms with van der Waals surface area (Å²) in [5.41, 5.74) is 0.454. The number of carbonyl (C=O) groups is 2. The molecule has 0 saturated heterocycles. The molecule has 0 aliphatic carbocycles. The van der Waals surface area contributed by atoms with Crippen LogP contribution in [0.4, 0.5) is 0 Å². The van der Waals surface area contributed by atoms with Gasteiger partial charge in [-0.25, -0.2) is 4.98 Å². The molecule has 0 unspecified atom stereocenters. The van der Waals surface area contributed by atoms with Crippen LogP contribution in [-0.4, -0.2) is 27.7 Å². The van der Waals surface area contributed by atoms with Gasteiger partial charge in [-0.15, -0.1) is 0 Å². The fourth-order valence-electron chi connectivity index (χ4n) is 1.39. The van der Waals surface area contributed by atoms with Crippen molar-refractivity contribution < 1.29 is 9.59 Å². The third kappa shape index (κ3) is 4.31. The smallest absolute Gasteiger partial charge is 0.225 e. The van der Waals surface area contributed by atoms with Crippen LogP contribution in [0.3, 0.4) is 0 Å². The van der Waals surface area contributed by atoms with Gasteiger partial charge in [-0.3, -0.25) is 9.59 Å². The summed E-state index contributed by atoms with van der Waals surface area (Å²) in [6, 6.07) is -0.445. The summed E-state index contributed by atoms with van der Waals surface area (Å²) in [4.78, 5) is 30.4. The highest BCUT2D eigenvalue weighted by atomic mass is 16.2. The van der Waals surface area contributed by atoms with Crippen LogP contribution in [0, 0.1) is 5.41 Å². The van der Waals surface area contributed by atoms with E-state index in [1.54, 1.807) is 19.4 Å². The number of imidazole rings is 1. The van der Waals surface area contributed by atoms with E-state index in [1.807, 2.05) is 20.8 Å². The number of aromatic amines is 1. The molecule has 18 heavy (non-hydrogen) atoms. The molecule has 1 aromatic heterocycles. The Kier molecular flexibility index (Phi) is 4.64. The summed E-state index contributed by atoms with van der Waals surface area (Å²) in [6.07, 6.45) is 4.30. The van der Waals surface area contributed by atoms with E-state index in [9.17, 15) is 9.59 Å². The van der Waals surface area contributed by atoms with Crippen molar-refractivity contribution in [2.45, 2.75) is 46.6 Å². The molecule has 0 saturated carbocycles. The second-order valence-electron chi connectivity index (χ2n) is 5.49. The lowest BCUT2D eigenvalue weighted by molar-refractivity contribution is -0.132. The maximum Gasteiger partial charge on any atom is 0.225 e. The third-order valence-corrected chi connectivity index (χ3v) is 2.71. The van der Waals surface area contributed by atoms with Crippen molar-refractivity contribution in [2.75, 3.05) is 0 Å². The Hall–Kier alpha value is -1.65. The average Bonchev–Trinajstić information content (AvgIpc) is 2.77. The van der Waals surface area contributed by atoms with E-state index in [-0.39, 0.29) is 11.7 Å². The summed E-state index contributed by atoms with van der Waals surface area (Å²) >= 11 is 0. The van der Waals surface area contributed by atoms with Gasteiger partial charge in [0.05, 0.1) is 12.4 Å². The van der Waals surface area contributed by atoms with Crippen LogP contribution in [0.5, 0.6) is 0 Å². The van der Waals surface area contributed by atoms with E-state index < -0.39 is 11.5 Å². The van der Waals surface area contributed by atoms with Gasteiger partial charge in [0.1, 0.15) is 0 Å². The second-order valence-corrected chi connectivity index (χ2v) is 5.49. The fraction of sp³-hybridized carbons (Fsp3) is 0.615. The predicted octanol–water partition coefficient (Wildman–Crippen LogP) is 1.46. The molecule has 1 atom stereocenters. The lowest BCUT2D eigenvalue weighted by Crippen LogP contribution is -2.44. The number of ketones is 1. The minimum atomic E-state index is -0.474. The third-order valence-electron chi connectivity index (χ3n) is 2.71. The highest BCUT2D eigenvalue weighted by Gasteiger charge is 2.24. The summed E-state index contributed by atoms with van der Waals surface area (Å²) in [6.45, 7) is 7.19. The first kappa shape index (κ1) is 14.4. The van der Waals surface area contributed by atoms with Crippen LogP contribution >= 0.6 is 0 Å². The Balaban J connectivity index is 2.40. The molecule has 0 aliphatic rings. The van der Waals surface area contributed by atoms with E-state index in [0.29, 0.717) is 12.8 Å². The van der Waals surface area contributed by atoms with Crippen LogP contribution < -0.4 is 5.32 Å². The molecule has 0 fully saturated rings. The normalized spacial score (nSPS) is 13.1. The first-order valence-electron chi connectivity index (χ1n) is 6.11. The van der Waals surface area contributed by atoms with Crippen LogP contribution in [0.1, 0.15) is 39.8 Å². The van der Waals surface area contributed by atoms with Gasteiger partial charge in [0, 0.05) is 23.7 Å². The summed E-state index contributed by atoms with van der Waals surface area (Å²) < 4.78 is 0. The topological polar surface area (TPSA) is 74.8 Å². The number of aryl methyl sites for hydroxylation is 1. The molecule has 1 aromatic rings. The van der Waals surface area contributed by atoms with Gasteiger partial charge in [-0.1, -0.05) is 20.8 Å². The number of nitrogens with one attached hydrogen (secondary N) is 2. The predicted molar refractivity (Wildman–Crippen MR) is 69.0 cm³/mol. The number of hydrogen-bond acceptors (Lipinski definition) is 3. The SMILES string of the molecule is C[C@H](NC(=O)C(C)(C)C)C(=O)CCc1cnc[nH]1. The maximum atomic E-state index is 11.9. The quantitative estimate of drug-likeness (QED) is 0.832. The monoisotopic (exact) mass is 251 g/mol. The zero-order valence-electron chi connectivity index (χ0n) is 11.4. The van der Waals surface area contributed by atoms with Crippen molar-refractivity contribution in [3.8, 4) is 0 Å². The average molecular weight is 251 g/mol. The second kappa shape index (κ2) is 5.80. The lowest BCUT2D eigenvalue weighted by Gasteiger charge is -2.21. The largest absolute Gasteiger partial charge is 0.348 e. The maximum absolute atomic E-state index is 11.9. The van der Waals surface area contributed by atoms with E-state index in [0.717, 1.165) is 5.69 Å². The van der Waals surface area contributed by atoms with Crippen LogP contribution in [-0.2, 0) is 16.0 Å².